The molecule has 1 amide bonds. The van der Waals surface area contributed by atoms with Crippen LogP contribution < -0.4 is 14.8 Å². The molecule has 1 unspecified atom stereocenters. The third kappa shape index (κ3) is 4.61. The number of fused-ring (bicyclic) bond motifs is 1. The first-order valence-corrected chi connectivity index (χ1v) is 9.54. The number of piperidine rings is 1. The Morgan fingerprint density at radius 1 is 1.35 bits per heavy atom. The van der Waals surface area contributed by atoms with Crippen LogP contribution in [-0.4, -0.2) is 56.5 Å². The van der Waals surface area contributed by atoms with Crippen LogP contribution in [0.4, 0.5) is 4.79 Å². The summed E-state index contributed by atoms with van der Waals surface area (Å²) in [6.07, 6.45) is 2.67. The summed E-state index contributed by atoms with van der Waals surface area (Å²) in [7, 11) is 1.68. The summed E-state index contributed by atoms with van der Waals surface area (Å²) in [5.41, 5.74) is 1.22. The Hall–Kier alpha value is -1.95. The van der Waals surface area contributed by atoms with Gasteiger partial charge >= 0.3 is 6.09 Å². The fourth-order valence-corrected chi connectivity index (χ4v) is 3.62. The first-order valence-electron chi connectivity index (χ1n) is 9.54. The van der Waals surface area contributed by atoms with Crippen LogP contribution in [0.2, 0.25) is 0 Å². The van der Waals surface area contributed by atoms with Crippen LogP contribution in [0.1, 0.15) is 32.3 Å². The minimum absolute atomic E-state index is 0.0637. The minimum Gasteiger partial charge on any atom is -0.493 e. The van der Waals surface area contributed by atoms with Gasteiger partial charge in [-0.05, 0) is 44.7 Å². The molecule has 0 aliphatic carbocycles. The normalized spacial score (nSPS) is 20.5. The van der Waals surface area contributed by atoms with E-state index in [-0.39, 0.29) is 12.2 Å². The van der Waals surface area contributed by atoms with Crippen LogP contribution in [-0.2, 0) is 11.2 Å². The summed E-state index contributed by atoms with van der Waals surface area (Å²) in [5, 5.41) is 3.66. The van der Waals surface area contributed by atoms with E-state index in [1.165, 1.54) is 5.56 Å². The minimum atomic E-state index is -0.190. The van der Waals surface area contributed by atoms with E-state index in [0.717, 1.165) is 50.4 Å². The molecule has 6 nitrogen and oxygen atoms in total. The molecule has 1 fully saturated rings. The zero-order valence-corrected chi connectivity index (χ0v) is 16.0. The number of ether oxygens (including phenoxy) is 3. The van der Waals surface area contributed by atoms with Gasteiger partial charge in [-0.3, -0.25) is 0 Å². The van der Waals surface area contributed by atoms with Crippen molar-refractivity contribution in [1.29, 1.82) is 0 Å². The quantitative estimate of drug-likeness (QED) is 0.873. The first kappa shape index (κ1) is 18.8. The lowest BCUT2D eigenvalue weighted by Gasteiger charge is -2.33. The Bertz CT molecular complexity index is 612. The van der Waals surface area contributed by atoms with Gasteiger partial charge in [-0.2, -0.15) is 0 Å². The zero-order valence-electron chi connectivity index (χ0n) is 16.0. The van der Waals surface area contributed by atoms with E-state index >= 15 is 0 Å². The van der Waals surface area contributed by atoms with Crippen molar-refractivity contribution in [3.8, 4) is 11.5 Å². The van der Waals surface area contributed by atoms with Gasteiger partial charge in [0.05, 0.1) is 19.8 Å². The molecule has 0 spiro atoms. The predicted molar refractivity (Wildman–Crippen MR) is 99.9 cm³/mol. The highest BCUT2D eigenvalue weighted by Gasteiger charge is 2.26. The molecule has 1 N–H and O–H groups in total. The summed E-state index contributed by atoms with van der Waals surface area (Å²) in [5.74, 6) is 2.16. The fourth-order valence-electron chi connectivity index (χ4n) is 3.62. The van der Waals surface area contributed by atoms with E-state index in [1.54, 1.807) is 7.11 Å². The number of para-hydroxylation sites is 1. The van der Waals surface area contributed by atoms with Crippen molar-refractivity contribution in [2.45, 2.75) is 45.3 Å². The maximum absolute atomic E-state index is 11.9. The molecule has 3 rings (SSSR count). The van der Waals surface area contributed by atoms with Crippen molar-refractivity contribution < 1.29 is 19.0 Å². The van der Waals surface area contributed by atoms with Crippen LogP contribution in [0, 0.1) is 5.92 Å². The van der Waals surface area contributed by atoms with Gasteiger partial charge in [-0.25, -0.2) is 4.79 Å². The Morgan fingerprint density at radius 3 is 2.81 bits per heavy atom. The standard InChI is InChI=1S/C20H30N2O4/c1-14(2)26-20(23)22-9-7-17(8-10-22)21-12-15-11-16-5-4-6-18(24-3)19(16)25-13-15/h4-6,14-15,17,21H,7-13H2,1-3H3. The van der Waals surface area contributed by atoms with Crippen LogP contribution in [0.25, 0.3) is 0 Å². The van der Waals surface area contributed by atoms with Crippen LogP contribution in [0.15, 0.2) is 18.2 Å². The number of amides is 1. The average Bonchev–Trinajstić information content (AvgIpc) is 2.65. The molecule has 1 atom stereocenters. The molecule has 26 heavy (non-hydrogen) atoms. The van der Waals surface area contributed by atoms with E-state index in [9.17, 15) is 4.79 Å². The first-order chi connectivity index (χ1) is 12.6. The Morgan fingerprint density at radius 2 is 2.12 bits per heavy atom. The van der Waals surface area contributed by atoms with E-state index in [2.05, 4.69) is 11.4 Å². The van der Waals surface area contributed by atoms with Gasteiger partial charge in [0.1, 0.15) is 0 Å². The van der Waals surface area contributed by atoms with Gasteiger partial charge in [0.15, 0.2) is 11.5 Å². The summed E-state index contributed by atoms with van der Waals surface area (Å²) in [4.78, 5) is 13.8. The molecule has 0 radical (unpaired) electrons. The molecule has 2 aliphatic heterocycles. The lowest BCUT2D eigenvalue weighted by Crippen LogP contribution is -2.47. The third-order valence-electron chi connectivity index (χ3n) is 5.04. The van der Waals surface area contributed by atoms with E-state index in [4.69, 9.17) is 14.2 Å². The zero-order chi connectivity index (χ0) is 18.5. The average molecular weight is 362 g/mol. The second-order valence-electron chi connectivity index (χ2n) is 7.43. The molecule has 6 heteroatoms. The number of likely N-dealkylation sites (tertiary alicyclic amines) is 1. The number of nitrogens with zero attached hydrogens (tertiary/aromatic N) is 1. The summed E-state index contributed by atoms with van der Waals surface area (Å²) in [6.45, 7) is 6.91. The molecule has 1 saturated heterocycles. The van der Waals surface area contributed by atoms with Gasteiger partial charge in [-0.1, -0.05) is 12.1 Å². The molecule has 0 bridgehead atoms. The molecule has 144 valence electrons. The smallest absolute Gasteiger partial charge is 0.410 e. The SMILES string of the molecule is COc1cccc2c1OCC(CNC1CCN(C(=O)OC(C)C)CC1)C2. The highest BCUT2D eigenvalue weighted by Crippen LogP contribution is 2.35. The Labute approximate surface area is 155 Å². The number of carbonyl (C=O) groups is 1. The lowest BCUT2D eigenvalue weighted by molar-refractivity contribution is 0.0674. The number of nitrogens with one attached hydrogen (secondary N) is 1. The summed E-state index contributed by atoms with van der Waals surface area (Å²) < 4.78 is 16.6. The van der Waals surface area contributed by atoms with Crippen molar-refractivity contribution in [1.82, 2.24) is 10.2 Å². The number of hydrogen-bond donors (Lipinski definition) is 1. The number of rotatable bonds is 5. The van der Waals surface area contributed by atoms with Gasteiger partial charge in [0, 0.05) is 31.6 Å². The van der Waals surface area contributed by atoms with E-state index in [1.807, 2.05) is 30.9 Å². The summed E-state index contributed by atoms with van der Waals surface area (Å²) >= 11 is 0. The van der Waals surface area contributed by atoms with Crippen LogP contribution in [0.3, 0.4) is 0 Å². The maximum Gasteiger partial charge on any atom is 0.410 e. The Balaban J connectivity index is 1.43. The second kappa shape index (κ2) is 8.62. The second-order valence-corrected chi connectivity index (χ2v) is 7.43. The van der Waals surface area contributed by atoms with E-state index in [0.29, 0.717) is 18.6 Å². The molecule has 2 aliphatic rings. The van der Waals surface area contributed by atoms with Gasteiger partial charge in [0.25, 0.3) is 0 Å². The number of methoxy groups -OCH3 is 1. The predicted octanol–water partition coefficient (Wildman–Crippen LogP) is 2.85. The molecule has 2 heterocycles. The third-order valence-corrected chi connectivity index (χ3v) is 5.04. The van der Waals surface area contributed by atoms with Crippen molar-refractivity contribution in [2.24, 2.45) is 5.92 Å². The summed E-state index contributed by atoms with van der Waals surface area (Å²) in [6, 6.07) is 6.52. The largest absolute Gasteiger partial charge is 0.493 e. The number of benzene rings is 1. The van der Waals surface area contributed by atoms with Crippen LogP contribution >= 0.6 is 0 Å². The van der Waals surface area contributed by atoms with Crippen molar-refractivity contribution in [3.05, 3.63) is 23.8 Å². The Kier molecular flexibility index (Phi) is 6.25. The van der Waals surface area contributed by atoms with E-state index < -0.39 is 0 Å². The van der Waals surface area contributed by atoms with Crippen molar-refractivity contribution >= 4 is 6.09 Å². The van der Waals surface area contributed by atoms with Gasteiger partial charge in [0.2, 0.25) is 0 Å². The molecule has 0 saturated carbocycles. The fraction of sp³-hybridized carbons (Fsp3) is 0.650. The topological polar surface area (TPSA) is 60.0 Å². The van der Waals surface area contributed by atoms with Crippen molar-refractivity contribution in [3.63, 3.8) is 0 Å². The number of carbonyl (C=O) groups excluding carboxylic acids is 1. The molecule has 1 aromatic carbocycles. The van der Waals surface area contributed by atoms with Gasteiger partial charge in [-0.15, -0.1) is 0 Å². The monoisotopic (exact) mass is 362 g/mol. The highest BCUT2D eigenvalue weighted by molar-refractivity contribution is 5.67. The molecule has 0 aromatic heterocycles. The lowest BCUT2D eigenvalue weighted by atomic mass is 9.95. The van der Waals surface area contributed by atoms with Crippen LogP contribution in [0.5, 0.6) is 11.5 Å². The maximum atomic E-state index is 11.9. The molecular weight excluding hydrogens is 332 g/mol. The molecular formula is C20H30N2O4. The number of hydrogen-bond acceptors (Lipinski definition) is 5. The van der Waals surface area contributed by atoms with Gasteiger partial charge < -0.3 is 24.4 Å². The van der Waals surface area contributed by atoms with Crippen molar-refractivity contribution in [2.75, 3.05) is 33.4 Å². The molecule has 1 aromatic rings. The highest BCUT2D eigenvalue weighted by atomic mass is 16.6.